The number of carbonyl (C=O) groups excluding carboxylic acids is 1. The maximum Gasteiger partial charge on any atom is 0.272 e. The van der Waals surface area contributed by atoms with Gasteiger partial charge in [-0.1, -0.05) is 37.3 Å². The van der Waals surface area contributed by atoms with Crippen molar-refractivity contribution in [1.29, 1.82) is 0 Å². The molecule has 0 radical (unpaired) electrons. The summed E-state index contributed by atoms with van der Waals surface area (Å²) >= 11 is 0. The van der Waals surface area contributed by atoms with Crippen molar-refractivity contribution in [2.24, 2.45) is 0 Å². The summed E-state index contributed by atoms with van der Waals surface area (Å²) in [5.41, 5.74) is 4.30. The third kappa shape index (κ3) is 2.52. The number of hydrogen-bond acceptors (Lipinski definition) is 2. The van der Waals surface area contributed by atoms with Crippen molar-refractivity contribution in [3.63, 3.8) is 0 Å². The van der Waals surface area contributed by atoms with Crippen LogP contribution in [0.2, 0.25) is 0 Å². The van der Waals surface area contributed by atoms with Crippen LogP contribution in [0.25, 0.3) is 21.8 Å². The van der Waals surface area contributed by atoms with Gasteiger partial charge in [-0.05, 0) is 36.2 Å². The number of rotatable bonds is 3. The Morgan fingerprint density at radius 2 is 1.96 bits per heavy atom. The van der Waals surface area contributed by atoms with Gasteiger partial charge in [0.25, 0.3) is 5.91 Å². The minimum atomic E-state index is -0.150. The Kier molecular flexibility index (Phi) is 3.50. The maximum absolute atomic E-state index is 12.6. The van der Waals surface area contributed by atoms with E-state index in [1.165, 1.54) is 5.56 Å². The molecule has 0 atom stereocenters. The number of hydrogen-bond donors (Lipinski definition) is 2. The van der Waals surface area contributed by atoms with Crippen LogP contribution in [0.4, 0.5) is 5.69 Å². The third-order valence-electron chi connectivity index (χ3n) is 4.20. The normalized spacial score (nSPS) is 11.0. The first-order valence-corrected chi connectivity index (χ1v) is 8.01. The van der Waals surface area contributed by atoms with Gasteiger partial charge in [0.2, 0.25) is 0 Å². The van der Waals surface area contributed by atoms with E-state index < -0.39 is 0 Å². The highest BCUT2D eigenvalue weighted by Crippen LogP contribution is 2.24. The number of nitrogens with zero attached hydrogens (tertiary/aromatic N) is 1. The molecule has 2 heterocycles. The smallest absolute Gasteiger partial charge is 0.272 e. The number of aromatic nitrogens is 2. The zero-order chi connectivity index (χ0) is 16.5. The summed E-state index contributed by atoms with van der Waals surface area (Å²) < 4.78 is 0. The van der Waals surface area contributed by atoms with Crippen LogP contribution in [0.15, 0.2) is 60.8 Å². The lowest BCUT2D eigenvalue weighted by molar-refractivity contribution is 0.102. The zero-order valence-electron chi connectivity index (χ0n) is 13.3. The highest BCUT2D eigenvalue weighted by Gasteiger charge is 2.12. The van der Waals surface area contributed by atoms with Gasteiger partial charge in [-0.25, -0.2) is 0 Å². The topological polar surface area (TPSA) is 57.8 Å². The molecule has 4 rings (SSSR count). The van der Waals surface area contributed by atoms with Gasteiger partial charge in [0.05, 0.1) is 11.0 Å². The summed E-state index contributed by atoms with van der Waals surface area (Å²) in [6.45, 7) is 2.09. The summed E-state index contributed by atoms with van der Waals surface area (Å²) in [5.74, 6) is -0.150. The molecule has 2 aromatic heterocycles. The number of pyridine rings is 1. The molecule has 118 valence electrons. The predicted molar refractivity (Wildman–Crippen MR) is 97.4 cm³/mol. The van der Waals surface area contributed by atoms with Gasteiger partial charge in [0.15, 0.2) is 0 Å². The molecule has 0 saturated carbocycles. The van der Waals surface area contributed by atoms with E-state index >= 15 is 0 Å². The molecule has 4 heteroatoms. The fourth-order valence-corrected chi connectivity index (χ4v) is 2.93. The van der Waals surface area contributed by atoms with Crippen molar-refractivity contribution < 1.29 is 4.79 Å². The summed E-state index contributed by atoms with van der Waals surface area (Å²) in [6, 6.07) is 17.7. The molecule has 0 aliphatic heterocycles. The number of H-pyrrole nitrogens is 1. The van der Waals surface area contributed by atoms with Crippen molar-refractivity contribution >= 4 is 33.4 Å². The number of anilines is 1. The van der Waals surface area contributed by atoms with Crippen LogP contribution in [0.3, 0.4) is 0 Å². The van der Waals surface area contributed by atoms with E-state index in [2.05, 4.69) is 28.3 Å². The number of aromatic amines is 1. The fourth-order valence-electron chi connectivity index (χ4n) is 2.93. The Bertz CT molecular complexity index is 1050. The molecule has 0 fully saturated rings. The molecular weight excluding hydrogens is 298 g/mol. The van der Waals surface area contributed by atoms with Crippen molar-refractivity contribution in [2.45, 2.75) is 13.3 Å². The molecule has 24 heavy (non-hydrogen) atoms. The van der Waals surface area contributed by atoms with E-state index in [9.17, 15) is 4.79 Å². The zero-order valence-corrected chi connectivity index (χ0v) is 13.3. The number of amides is 1. The highest BCUT2D eigenvalue weighted by molar-refractivity contribution is 6.10. The van der Waals surface area contributed by atoms with E-state index in [0.29, 0.717) is 5.69 Å². The van der Waals surface area contributed by atoms with E-state index in [4.69, 9.17) is 0 Å². The number of fused-ring (bicyclic) bond motifs is 3. The predicted octanol–water partition coefficient (Wildman–Crippen LogP) is 4.53. The van der Waals surface area contributed by atoms with Crippen LogP contribution >= 0.6 is 0 Å². The van der Waals surface area contributed by atoms with E-state index in [-0.39, 0.29) is 5.91 Å². The lowest BCUT2D eigenvalue weighted by Crippen LogP contribution is -2.12. The largest absolute Gasteiger partial charge is 0.349 e. The Morgan fingerprint density at radius 1 is 1.08 bits per heavy atom. The Labute approximate surface area is 139 Å². The molecule has 2 N–H and O–H groups in total. The summed E-state index contributed by atoms with van der Waals surface area (Å²) in [7, 11) is 0. The first-order valence-electron chi connectivity index (χ1n) is 8.01. The first kappa shape index (κ1) is 14.5. The molecule has 0 spiro atoms. The second-order valence-corrected chi connectivity index (χ2v) is 5.80. The lowest BCUT2D eigenvalue weighted by Gasteiger charge is -2.05. The maximum atomic E-state index is 12.6. The van der Waals surface area contributed by atoms with E-state index in [1.54, 1.807) is 6.20 Å². The molecular formula is C20H17N3O. The molecule has 1 amide bonds. The number of carbonyl (C=O) groups is 1. The van der Waals surface area contributed by atoms with Crippen molar-refractivity contribution in [2.75, 3.05) is 5.32 Å². The lowest BCUT2D eigenvalue weighted by atomic mass is 10.1. The standard InChI is InChI=1S/C20H17N3O/c1-2-13-5-3-7-16(11-13)22-20(24)17-12-15-9-8-14-6-4-10-21-18(14)19(15)23-17/h3-12,23H,2H2,1H3,(H,22,24). The second-order valence-electron chi connectivity index (χ2n) is 5.80. The molecule has 0 aliphatic carbocycles. The van der Waals surface area contributed by atoms with Gasteiger partial charge in [-0.2, -0.15) is 0 Å². The average molecular weight is 315 g/mol. The van der Waals surface area contributed by atoms with Crippen molar-refractivity contribution in [3.05, 3.63) is 72.1 Å². The van der Waals surface area contributed by atoms with Crippen molar-refractivity contribution in [3.8, 4) is 0 Å². The minimum Gasteiger partial charge on any atom is -0.349 e. The fraction of sp³-hybridized carbons (Fsp3) is 0.100. The molecule has 0 saturated heterocycles. The number of aryl methyl sites for hydroxylation is 1. The van der Waals surface area contributed by atoms with Crippen LogP contribution in [-0.4, -0.2) is 15.9 Å². The summed E-state index contributed by atoms with van der Waals surface area (Å²) in [4.78, 5) is 20.2. The summed E-state index contributed by atoms with van der Waals surface area (Å²) in [5, 5.41) is 4.98. The average Bonchev–Trinajstić information content (AvgIpc) is 3.07. The molecule has 2 aromatic carbocycles. The van der Waals surface area contributed by atoms with Crippen LogP contribution in [0, 0.1) is 0 Å². The van der Waals surface area contributed by atoms with Crippen LogP contribution in [-0.2, 0) is 6.42 Å². The monoisotopic (exact) mass is 315 g/mol. The first-order chi connectivity index (χ1) is 11.7. The second kappa shape index (κ2) is 5.81. The van der Waals surface area contributed by atoms with Crippen LogP contribution in [0.5, 0.6) is 0 Å². The van der Waals surface area contributed by atoms with E-state index in [0.717, 1.165) is 33.9 Å². The van der Waals surface area contributed by atoms with Gasteiger partial charge >= 0.3 is 0 Å². The molecule has 0 bridgehead atoms. The highest BCUT2D eigenvalue weighted by atomic mass is 16.1. The SMILES string of the molecule is CCc1cccc(NC(=O)c2cc3ccc4cccnc4c3[nH]2)c1. The van der Waals surface area contributed by atoms with Gasteiger partial charge in [-0.3, -0.25) is 9.78 Å². The van der Waals surface area contributed by atoms with Gasteiger partial charge < -0.3 is 10.3 Å². The molecule has 4 nitrogen and oxygen atoms in total. The van der Waals surface area contributed by atoms with Crippen LogP contribution in [0.1, 0.15) is 23.0 Å². The number of nitrogens with one attached hydrogen (secondary N) is 2. The molecule has 0 unspecified atom stereocenters. The Hall–Kier alpha value is -3.14. The van der Waals surface area contributed by atoms with Gasteiger partial charge in [0.1, 0.15) is 5.69 Å². The number of benzene rings is 2. The van der Waals surface area contributed by atoms with Crippen LogP contribution < -0.4 is 5.32 Å². The minimum absolute atomic E-state index is 0.150. The van der Waals surface area contributed by atoms with Gasteiger partial charge in [-0.15, -0.1) is 0 Å². The Morgan fingerprint density at radius 3 is 2.83 bits per heavy atom. The third-order valence-corrected chi connectivity index (χ3v) is 4.20. The quantitative estimate of drug-likeness (QED) is 0.583. The Balaban J connectivity index is 1.70. The van der Waals surface area contributed by atoms with E-state index in [1.807, 2.05) is 48.5 Å². The molecule has 4 aromatic rings. The summed E-state index contributed by atoms with van der Waals surface area (Å²) in [6.07, 6.45) is 2.70. The van der Waals surface area contributed by atoms with Crippen molar-refractivity contribution in [1.82, 2.24) is 9.97 Å². The van der Waals surface area contributed by atoms with Gasteiger partial charge in [0, 0.05) is 22.7 Å². The molecule has 0 aliphatic rings.